The van der Waals surface area contributed by atoms with Crippen molar-refractivity contribution in [2.24, 2.45) is 0 Å². The molecule has 0 saturated heterocycles. The first-order chi connectivity index (χ1) is 16.4. The summed E-state index contributed by atoms with van der Waals surface area (Å²) >= 11 is 0. The number of rotatable bonds is 9. The molecule has 0 heterocycles. The first-order valence-electron chi connectivity index (χ1n) is 11.3. The molecule has 0 fully saturated rings. The molecule has 1 N–H and O–H groups in total. The Morgan fingerprint density at radius 2 is 0.794 bits per heavy atom. The molecule has 0 spiro atoms. The second kappa shape index (κ2) is 10.5. The minimum atomic E-state index is -4.12. The van der Waals surface area contributed by atoms with E-state index in [1.807, 2.05) is 121 Å². The molecule has 4 rings (SSSR count). The van der Waals surface area contributed by atoms with E-state index in [2.05, 4.69) is 0 Å². The third-order valence-electron chi connectivity index (χ3n) is 5.57. The summed E-state index contributed by atoms with van der Waals surface area (Å²) in [6.45, 7) is 2.93. The third kappa shape index (κ3) is 5.55. The fourth-order valence-corrected chi connectivity index (χ4v) is 5.31. The summed E-state index contributed by atoms with van der Waals surface area (Å²) in [5, 5.41) is 9.36. The van der Waals surface area contributed by atoms with Crippen molar-refractivity contribution in [2.75, 3.05) is 0 Å². The number of aliphatic hydroxyl groups is 1. The van der Waals surface area contributed by atoms with Crippen LogP contribution in [0.3, 0.4) is 0 Å². The Morgan fingerprint density at radius 1 is 0.559 bits per heavy atom. The highest BCUT2D eigenvalue weighted by molar-refractivity contribution is 7.55. The van der Waals surface area contributed by atoms with Gasteiger partial charge in [-0.2, -0.15) is 0 Å². The fourth-order valence-electron chi connectivity index (χ4n) is 3.70. The predicted molar refractivity (Wildman–Crippen MR) is 136 cm³/mol. The van der Waals surface area contributed by atoms with Gasteiger partial charge in [-0.1, -0.05) is 121 Å². The van der Waals surface area contributed by atoms with Crippen molar-refractivity contribution in [1.29, 1.82) is 0 Å². The molecule has 0 aromatic heterocycles. The van der Waals surface area contributed by atoms with Crippen molar-refractivity contribution in [3.05, 3.63) is 144 Å². The van der Waals surface area contributed by atoms with Crippen LogP contribution in [0.5, 0.6) is 0 Å². The standard InChI is InChI=1S/C29H29O4P/c1-29(2,30)34(31,32-27(23-15-7-3-8-16-23)24-17-9-4-10-18-24)33-28(25-19-11-5-12-20-25)26-21-13-6-14-22-26/h3-22,27-28,30H,1-2H3. The van der Waals surface area contributed by atoms with Gasteiger partial charge >= 0.3 is 7.60 Å². The molecule has 4 aromatic carbocycles. The van der Waals surface area contributed by atoms with Gasteiger partial charge in [-0.25, -0.2) is 0 Å². The van der Waals surface area contributed by atoms with Crippen molar-refractivity contribution < 1.29 is 18.7 Å². The number of hydrogen-bond acceptors (Lipinski definition) is 4. The normalized spacial score (nSPS) is 12.3. The zero-order chi connectivity index (χ0) is 24.0. The SMILES string of the molecule is CC(C)(O)P(=O)(OC(c1ccccc1)c1ccccc1)OC(c1ccccc1)c1ccccc1. The number of hydrogen-bond donors (Lipinski definition) is 1. The van der Waals surface area contributed by atoms with Crippen LogP contribution in [0.15, 0.2) is 121 Å². The lowest BCUT2D eigenvalue weighted by molar-refractivity contribution is 0.0653. The van der Waals surface area contributed by atoms with Crippen LogP contribution in [0.4, 0.5) is 0 Å². The molecule has 4 aromatic rings. The molecule has 0 amide bonds. The molecule has 174 valence electrons. The highest BCUT2D eigenvalue weighted by atomic mass is 31.2. The quantitative estimate of drug-likeness (QED) is 0.256. The van der Waals surface area contributed by atoms with E-state index in [4.69, 9.17) is 9.05 Å². The van der Waals surface area contributed by atoms with Gasteiger partial charge in [0.2, 0.25) is 0 Å². The van der Waals surface area contributed by atoms with Crippen LogP contribution < -0.4 is 0 Å². The molecule has 0 radical (unpaired) electrons. The highest BCUT2D eigenvalue weighted by Gasteiger charge is 2.47. The van der Waals surface area contributed by atoms with Crippen molar-refractivity contribution in [3.63, 3.8) is 0 Å². The fraction of sp³-hybridized carbons (Fsp3) is 0.172. The van der Waals surface area contributed by atoms with Crippen LogP contribution in [-0.2, 0) is 13.6 Å². The summed E-state index contributed by atoms with van der Waals surface area (Å²) < 4.78 is 27.1. The van der Waals surface area contributed by atoms with Gasteiger partial charge in [0.05, 0.1) is 0 Å². The van der Waals surface area contributed by atoms with Gasteiger partial charge < -0.3 is 5.11 Å². The van der Waals surface area contributed by atoms with Crippen LogP contribution >= 0.6 is 7.60 Å². The van der Waals surface area contributed by atoms with Crippen LogP contribution in [0.2, 0.25) is 0 Å². The second-order valence-electron chi connectivity index (χ2n) is 8.61. The summed E-state index contributed by atoms with van der Waals surface area (Å²) in [6, 6.07) is 38.2. The lowest BCUT2D eigenvalue weighted by atomic mass is 10.0. The van der Waals surface area contributed by atoms with E-state index in [-0.39, 0.29) is 0 Å². The summed E-state index contributed by atoms with van der Waals surface area (Å²) in [6.07, 6.45) is -1.38. The smallest absolute Gasteiger partial charge is 0.363 e. The molecule has 0 aliphatic rings. The Bertz CT molecular complexity index is 1040. The molecular formula is C29H29O4P. The molecule has 4 nitrogen and oxygen atoms in total. The summed E-state index contributed by atoms with van der Waals surface area (Å²) in [5.41, 5.74) is 3.27. The summed E-state index contributed by atoms with van der Waals surface area (Å²) in [7, 11) is -4.12. The molecule has 0 saturated carbocycles. The Balaban J connectivity index is 1.78. The second-order valence-corrected chi connectivity index (χ2v) is 11.1. The van der Waals surface area contributed by atoms with Crippen molar-refractivity contribution in [1.82, 2.24) is 0 Å². The Morgan fingerprint density at radius 3 is 1.00 bits per heavy atom. The predicted octanol–water partition coefficient (Wildman–Crippen LogP) is 7.52. The first kappa shape index (κ1) is 24.1. The molecular weight excluding hydrogens is 443 g/mol. The topological polar surface area (TPSA) is 55.8 Å². The zero-order valence-corrected chi connectivity index (χ0v) is 20.2. The van der Waals surface area contributed by atoms with E-state index in [1.165, 1.54) is 13.8 Å². The number of benzene rings is 4. The monoisotopic (exact) mass is 472 g/mol. The van der Waals surface area contributed by atoms with Gasteiger partial charge in [-0.05, 0) is 36.1 Å². The molecule has 0 aliphatic heterocycles. The van der Waals surface area contributed by atoms with Crippen molar-refractivity contribution in [2.45, 2.75) is 31.4 Å². The summed E-state index contributed by atoms with van der Waals surface area (Å²) in [4.78, 5) is 0. The Hall–Kier alpha value is -3.01. The highest BCUT2D eigenvalue weighted by Crippen LogP contribution is 2.64. The van der Waals surface area contributed by atoms with E-state index >= 15 is 0 Å². The van der Waals surface area contributed by atoms with Gasteiger partial charge in [-0.15, -0.1) is 0 Å². The van der Waals surface area contributed by atoms with Crippen LogP contribution in [-0.4, -0.2) is 10.4 Å². The molecule has 0 aliphatic carbocycles. The lowest BCUT2D eigenvalue weighted by Crippen LogP contribution is -2.25. The maximum Gasteiger partial charge on any atom is 0.363 e. The van der Waals surface area contributed by atoms with Crippen molar-refractivity contribution >= 4 is 7.60 Å². The van der Waals surface area contributed by atoms with Crippen LogP contribution in [0, 0.1) is 0 Å². The van der Waals surface area contributed by atoms with Crippen LogP contribution in [0.1, 0.15) is 48.3 Å². The Labute approximate surface area is 201 Å². The Kier molecular flexibility index (Phi) is 7.45. The van der Waals surface area contributed by atoms with Crippen LogP contribution in [0.25, 0.3) is 0 Å². The molecule has 34 heavy (non-hydrogen) atoms. The van der Waals surface area contributed by atoms with E-state index in [0.29, 0.717) is 0 Å². The van der Waals surface area contributed by atoms with Gasteiger partial charge in [0, 0.05) is 0 Å². The molecule has 0 atom stereocenters. The molecule has 5 heteroatoms. The van der Waals surface area contributed by atoms with Gasteiger partial charge in [0.1, 0.15) is 12.2 Å². The maximum absolute atomic E-state index is 14.5. The van der Waals surface area contributed by atoms with Gasteiger partial charge in [0.15, 0.2) is 5.34 Å². The molecule has 0 bridgehead atoms. The molecule has 0 unspecified atom stereocenters. The summed E-state index contributed by atoms with van der Waals surface area (Å²) in [5.74, 6) is 0. The van der Waals surface area contributed by atoms with E-state index in [1.54, 1.807) is 0 Å². The van der Waals surface area contributed by atoms with E-state index in [0.717, 1.165) is 22.3 Å². The van der Waals surface area contributed by atoms with Crippen molar-refractivity contribution in [3.8, 4) is 0 Å². The minimum Gasteiger partial charge on any atom is -0.378 e. The third-order valence-corrected chi connectivity index (χ3v) is 7.88. The lowest BCUT2D eigenvalue weighted by Gasteiger charge is -2.35. The van der Waals surface area contributed by atoms with E-state index < -0.39 is 25.1 Å². The largest absolute Gasteiger partial charge is 0.378 e. The first-order valence-corrected chi connectivity index (χ1v) is 12.8. The maximum atomic E-state index is 14.5. The average molecular weight is 473 g/mol. The van der Waals surface area contributed by atoms with Gasteiger partial charge in [0.25, 0.3) is 0 Å². The zero-order valence-electron chi connectivity index (χ0n) is 19.3. The average Bonchev–Trinajstić information content (AvgIpc) is 2.87. The van der Waals surface area contributed by atoms with E-state index in [9.17, 15) is 9.67 Å². The van der Waals surface area contributed by atoms with Gasteiger partial charge in [-0.3, -0.25) is 13.6 Å². The minimum absolute atomic E-state index is 0.688.